The summed E-state index contributed by atoms with van der Waals surface area (Å²) in [4.78, 5) is 12.6. The SMILES string of the molecule is CC(C)[C@H](C)NC(=O)c1cccc(S(=O)(=O)N2CCCCCC2)c1. The number of rotatable bonds is 5. The van der Waals surface area contributed by atoms with Gasteiger partial charge in [0, 0.05) is 24.7 Å². The Hall–Kier alpha value is -1.40. The van der Waals surface area contributed by atoms with E-state index >= 15 is 0 Å². The van der Waals surface area contributed by atoms with Crippen molar-refractivity contribution in [3.05, 3.63) is 29.8 Å². The second-order valence-corrected chi connectivity index (χ2v) is 8.79. The molecule has 134 valence electrons. The number of amides is 1. The maximum Gasteiger partial charge on any atom is 0.251 e. The summed E-state index contributed by atoms with van der Waals surface area (Å²) >= 11 is 0. The number of hydrogen-bond acceptors (Lipinski definition) is 3. The molecule has 0 aliphatic carbocycles. The molecule has 0 unspecified atom stereocenters. The molecule has 0 spiro atoms. The van der Waals surface area contributed by atoms with E-state index in [0.717, 1.165) is 25.7 Å². The van der Waals surface area contributed by atoms with Crippen LogP contribution in [0.3, 0.4) is 0 Å². The number of carbonyl (C=O) groups is 1. The lowest BCUT2D eigenvalue weighted by Gasteiger charge is -2.21. The molecule has 0 aromatic heterocycles. The molecule has 1 aliphatic rings. The molecule has 2 rings (SSSR count). The van der Waals surface area contributed by atoms with Crippen molar-refractivity contribution in [2.75, 3.05) is 13.1 Å². The van der Waals surface area contributed by atoms with E-state index in [2.05, 4.69) is 5.32 Å². The summed E-state index contributed by atoms with van der Waals surface area (Å²) in [5.41, 5.74) is 0.387. The van der Waals surface area contributed by atoms with Gasteiger partial charge in [-0.1, -0.05) is 32.8 Å². The topological polar surface area (TPSA) is 66.5 Å². The van der Waals surface area contributed by atoms with Gasteiger partial charge in [0.25, 0.3) is 5.91 Å². The Bertz CT molecular complexity index is 663. The van der Waals surface area contributed by atoms with Crippen LogP contribution in [-0.4, -0.2) is 37.8 Å². The highest BCUT2D eigenvalue weighted by molar-refractivity contribution is 7.89. The van der Waals surface area contributed by atoms with Gasteiger partial charge in [0.15, 0.2) is 0 Å². The molecule has 6 heteroatoms. The molecular weight excluding hydrogens is 324 g/mol. The zero-order valence-corrected chi connectivity index (χ0v) is 15.6. The third-order valence-corrected chi connectivity index (χ3v) is 6.55. The number of sulfonamides is 1. The van der Waals surface area contributed by atoms with Crippen molar-refractivity contribution < 1.29 is 13.2 Å². The molecule has 1 heterocycles. The summed E-state index contributed by atoms with van der Waals surface area (Å²) < 4.78 is 27.2. The zero-order valence-electron chi connectivity index (χ0n) is 14.8. The first-order valence-corrected chi connectivity index (χ1v) is 10.2. The smallest absolute Gasteiger partial charge is 0.251 e. The van der Waals surface area contributed by atoms with E-state index < -0.39 is 10.0 Å². The molecule has 1 aromatic rings. The Labute approximate surface area is 145 Å². The van der Waals surface area contributed by atoms with Gasteiger partial charge in [-0.15, -0.1) is 0 Å². The van der Waals surface area contributed by atoms with Crippen molar-refractivity contribution in [3.63, 3.8) is 0 Å². The maximum absolute atomic E-state index is 12.8. The van der Waals surface area contributed by atoms with Crippen molar-refractivity contribution in [2.24, 2.45) is 5.92 Å². The van der Waals surface area contributed by atoms with Gasteiger partial charge in [-0.3, -0.25) is 4.79 Å². The molecule has 1 aromatic carbocycles. The average molecular weight is 353 g/mol. The minimum absolute atomic E-state index is 0.0309. The fraction of sp³-hybridized carbons (Fsp3) is 0.611. The number of hydrogen-bond donors (Lipinski definition) is 1. The Kier molecular flexibility index (Phi) is 6.40. The number of nitrogens with zero attached hydrogens (tertiary/aromatic N) is 1. The second-order valence-electron chi connectivity index (χ2n) is 6.85. The minimum atomic E-state index is -3.53. The van der Waals surface area contributed by atoms with Gasteiger partial charge in [-0.25, -0.2) is 8.42 Å². The average Bonchev–Trinajstić information content (AvgIpc) is 2.84. The van der Waals surface area contributed by atoms with E-state index in [1.807, 2.05) is 20.8 Å². The Morgan fingerprint density at radius 2 is 1.71 bits per heavy atom. The van der Waals surface area contributed by atoms with E-state index in [1.165, 1.54) is 6.07 Å². The second kappa shape index (κ2) is 8.12. The van der Waals surface area contributed by atoms with Crippen molar-refractivity contribution in [1.82, 2.24) is 9.62 Å². The van der Waals surface area contributed by atoms with Crippen LogP contribution in [0.5, 0.6) is 0 Å². The molecule has 1 saturated heterocycles. The van der Waals surface area contributed by atoms with E-state index in [0.29, 0.717) is 24.6 Å². The van der Waals surface area contributed by atoms with Crippen LogP contribution < -0.4 is 5.32 Å². The van der Waals surface area contributed by atoms with E-state index in [9.17, 15) is 13.2 Å². The summed E-state index contributed by atoms with van der Waals surface area (Å²) in [6.45, 7) is 7.13. The molecule has 1 fully saturated rings. The summed E-state index contributed by atoms with van der Waals surface area (Å²) in [5.74, 6) is 0.0853. The van der Waals surface area contributed by atoms with Gasteiger partial charge in [0.05, 0.1) is 4.90 Å². The monoisotopic (exact) mass is 352 g/mol. The summed E-state index contributed by atoms with van der Waals surface area (Å²) in [6, 6.07) is 6.39. The van der Waals surface area contributed by atoms with Crippen molar-refractivity contribution in [2.45, 2.75) is 57.4 Å². The minimum Gasteiger partial charge on any atom is -0.349 e. The largest absolute Gasteiger partial charge is 0.349 e. The summed E-state index contributed by atoms with van der Waals surface area (Å²) in [7, 11) is -3.53. The van der Waals surface area contributed by atoms with Crippen molar-refractivity contribution >= 4 is 15.9 Å². The van der Waals surface area contributed by atoms with Gasteiger partial charge < -0.3 is 5.32 Å². The fourth-order valence-corrected chi connectivity index (χ4v) is 4.25. The van der Waals surface area contributed by atoms with Crippen LogP contribution >= 0.6 is 0 Å². The van der Waals surface area contributed by atoms with Gasteiger partial charge >= 0.3 is 0 Å². The maximum atomic E-state index is 12.8. The molecule has 1 N–H and O–H groups in total. The molecule has 0 saturated carbocycles. The van der Waals surface area contributed by atoms with Crippen LogP contribution in [0.15, 0.2) is 29.2 Å². The first kappa shape index (κ1) is 18.9. The van der Waals surface area contributed by atoms with E-state index in [1.54, 1.807) is 22.5 Å². The molecule has 1 aliphatic heterocycles. The van der Waals surface area contributed by atoms with Gasteiger partial charge in [-0.2, -0.15) is 4.31 Å². The molecule has 1 atom stereocenters. The Morgan fingerprint density at radius 1 is 1.08 bits per heavy atom. The van der Waals surface area contributed by atoms with Crippen molar-refractivity contribution in [1.29, 1.82) is 0 Å². The molecule has 0 radical (unpaired) electrons. The lowest BCUT2D eigenvalue weighted by atomic mass is 10.1. The third-order valence-electron chi connectivity index (χ3n) is 4.66. The lowest BCUT2D eigenvalue weighted by Crippen LogP contribution is -2.36. The third kappa shape index (κ3) is 4.57. The molecule has 0 bridgehead atoms. The number of nitrogens with one attached hydrogen (secondary N) is 1. The zero-order chi connectivity index (χ0) is 17.7. The molecule has 1 amide bonds. The van der Waals surface area contributed by atoms with Crippen LogP contribution in [0, 0.1) is 5.92 Å². The van der Waals surface area contributed by atoms with Crippen LogP contribution in [0.1, 0.15) is 56.8 Å². The van der Waals surface area contributed by atoms with Crippen LogP contribution in [-0.2, 0) is 10.0 Å². The van der Waals surface area contributed by atoms with Gasteiger partial charge in [0.2, 0.25) is 10.0 Å². The highest BCUT2D eigenvalue weighted by Crippen LogP contribution is 2.21. The first-order chi connectivity index (χ1) is 11.3. The predicted molar refractivity (Wildman–Crippen MR) is 95.4 cm³/mol. The normalized spacial score (nSPS) is 18.2. The van der Waals surface area contributed by atoms with Crippen LogP contribution in [0.2, 0.25) is 0 Å². The van der Waals surface area contributed by atoms with Gasteiger partial charge in [-0.05, 0) is 43.9 Å². The van der Waals surface area contributed by atoms with E-state index in [-0.39, 0.29) is 16.8 Å². The standard InChI is InChI=1S/C18H28N2O3S/c1-14(2)15(3)19-18(21)16-9-8-10-17(13-16)24(22,23)20-11-6-4-5-7-12-20/h8-10,13-15H,4-7,11-12H2,1-3H3,(H,19,21)/t15-/m0/s1. The van der Waals surface area contributed by atoms with Crippen molar-refractivity contribution in [3.8, 4) is 0 Å². The van der Waals surface area contributed by atoms with Crippen LogP contribution in [0.4, 0.5) is 0 Å². The fourth-order valence-electron chi connectivity index (χ4n) is 2.69. The lowest BCUT2D eigenvalue weighted by molar-refractivity contribution is 0.0930. The highest BCUT2D eigenvalue weighted by atomic mass is 32.2. The van der Waals surface area contributed by atoms with Gasteiger partial charge in [0.1, 0.15) is 0 Å². The number of benzene rings is 1. The molecule has 5 nitrogen and oxygen atoms in total. The molecule has 24 heavy (non-hydrogen) atoms. The van der Waals surface area contributed by atoms with Crippen LogP contribution in [0.25, 0.3) is 0 Å². The Balaban J connectivity index is 2.21. The number of carbonyl (C=O) groups excluding carboxylic acids is 1. The van der Waals surface area contributed by atoms with E-state index in [4.69, 9.17) is 0 Å². The first-order valence-electron chi connectivity index (χ1n) is 8.73. The predicted octanol–water partition coefficient (Wildman–Crippen LogP) is 3.03. The highest BCUT2D eigenvalue weighted by Gasteiger charge is 2.26. The Morgan fingerprint density at radius 3 is 2.29 bits per heavy atom. The summed E-state index contributed by atoms with van der Waals surface area (Å²) in [6.07, 6.45) is 3.93. The quantitative estimate of drug-likeness (QED) is 0.886. The molecular formula is C18H28N2O3S. The summed E-state index contributed by atoms with van der Waals surface area (Å²) in [5, 5.41) is 2.92.